The van der Waals surface area contributed by atoms with Gasteiger partial charge in [-0.3, -0.25) is 4.57 Å². The molecular weight excluding hydrogens is 470 g/mol. The first kappa shape index (κ1) is 21.4. The zero-order valence-corrected chi connectivity index (χ0v) is 19.8. The molecule has 0 amide bonds. The maximum absolute atomic E-state index is 10.3. The molecule has 0 aliphatic heterocycles. The van der Waals surface area contributed by atoms with Crippen LogP contribution in [0.15, 0.2) is 95.5 Å². The highest BCUT2D eigenvalue weighted by atomic mass is 16.3. The summed E-state index contributed by atoms with van der Waals surface area (Å²) in [7, 11) is 0. The van der Waals surface area contributed by atoms with Crippen LogP contribution >= 0.6 is 0 Å². The van der Waals surface area contributed by atoms with E-state index in [2.05, 4.69) is 47.0 Å². The van der Waals surface area contributed by atoms with Gasteiger partial charge in [-0.1, -0.05) is 54.6 Å². The highest BCUT2D eigenvalue weighted by Gasteiger charge is 2.25. The number of para-hydroxylation sites is 3. The Labute approximate surface area is 216 Å². The van der Waals surface area contributed by atoms with Crippen molar-refractivity contribution in [3.63, 3.8) is 0 Å². The fourth-order valence-electron chi connectivity index (χ4n) is 5.41. The molecule has 6 heteroatoms. The van der Waals surface area contributed by atoms with Crippen molar-refractivity contribution in [3.8, 4) is 35.2 Å². The molecule has 0 bridgehead atoms. The molecule has 0 N–H and O–H groups in total. The summed E-state index contributed by atoms with van der Waals surface area (Å²) in [6, 6.07) is 33.9. The Bertz CT molecular complexity index is 2160. The molecule has 0 aliphatic carbocycles. The second kappa shape index (κ2) is 8.07. The highest BCUT2D eigenvalue weighted by Crippen LogP contribution is 2.41. The summed E-state index contributed by atoms with van der Waals surface area (Å²) in [5, 5.41) is 33.9. The molecule has 38 heavy (non-hydrogen) atoms. The minimum Gasteiger partial charge on any atom is -0.455 e. The molecule has 0 saturated carbocycles. The molecule has 174 valence electrons. The third-order valence-electron chi connectivity index (χ3n) is 7.00. The monoisotopic (exact) mass is 485 g/mol. The van der Waals surface area contributed by atoms with Gasteiger partial charge in [-0.25, -0.2) is 4.98 Å². The quantitative estimate of drug-likeness (QED) is 0.254. The summed E-state index contributed by atoms with van der Waals surface area (Å²) in [5.41, 5.74) is 4.31. The summed E-state index contributed by atoms with van der Waals surface area (Å²) in [5.74, 6) is 0.707. The van der Waals surface area contributed by atoms with Gasteiger partial charge in [0.15, 0.2) is 5.58 Å². The first-order chi connectivity index (χ1) is 18.7. The highest BCUT2D eigenvalue weighted by molar-refractivity contribution is 6.13. The van der Waals surface area contributed by atoms with Crippen molar-refractivity contribution in [2.45, 2.75) is 0 Å². The number of fused-ring (bicyclic) bond motifs is 6. The zero-order valence-electron chi connectivity index (χ0n) is 19.8. The number of aromatic nitrogens is 2. The largest absolute Gasteiger partial charge is 0.455 e. The molecule has 7 rings (SSSR count). The maximum atomic E-state index is 10.3. The van der Waals surface area contributed by atoms with Crippen LogP contribution in [0.5, 0.6) is 0 Å². The molecule has 7 aromatic rings. The van der Waals surface area contributed by atoms with Crippen molar-refractivity contribution in [1.82, 2.24) is 9.55 Å². The van der Waals surface area contributed by atoms with Gasteiger partial charge in [0.2, 0.25) is 0 Å². The molecule has 0 aliphatic rings. The number of furan rings is 1. The molecule has 0 fully saturated rings. The number of hydrogen-bond donors (Lipinski definition) is 0. The zero-order chi connectivity index (χ0) is 25.8. The first-order valence-corrected chi connectivity index (χ1v) is 11.9. The maximum Gasteiger partial charge on any atom is 0.155 e. The Morgan fingerprint density at radius 3 is 1.84 bits per heavy atom. The van der Waals surface area contributed by atoms with Gasteiger partial charge in [-0.2, -0.15) is 15.8 Å². The van der Waals surface area contributed by atoms with E-state index >= 15 is 0 Å². The lowest BCUT2D eigenvalue weighted by atomic mass is 9.89. The molecular formula is C32H15N5O. The molecule has 0 unspecified atom stereocenters. The van der Waals surface area contributed by atoms with Crippen molar-refractivity contribution in [2.75, 3.05) is 0 Å². The lowest BCUT2D eigenvalue weighted by Gasteiger charge is -2.12. The fourth-order valence-corrected chi connectivity index (χ4v) is 5.41. The van der Waals surface area contributed by atoms with Crippen LogP contribution in [-0.2, 0) is 0 Å². The van der Waals surface area contributed by atoms with Crippen LogP contribution in [0.3, 0.4) is 0 Å². The first-order valence-electron chi connectivity index (χ1n) is 11.9. The second-order valence-electron chi connectivity index (χ2n) is 8.91. The van der Waals surface area contributed by atoms with Crippen LogP contribution in [0.2, 0.25) is 0 Å². The normalized spacial score (nSPS) is 11.1. The van der Waals surface area contributed by atoms with Crippen molar-refractivity contribution < 1.29 is 4.42 Å². The van der Waals surface area contributed by atoms with E-state index in [1.165, 1.54) is 0 Å². The van der Waals surface area contributed by atoms with Gasteiger partial charge in [-0.15, -0.1) is 0 Å². The predicted molar refractivity (Wildman–Crippen MR) is 145 cm³/mol. The SMILES string of the molecule is N#Cc1c(-c2ccc(-n3c4ccccc4c4ccccc43)nc2)c(C#N)c2c(oc3ccccc32)c1C#N. The summed E-state index contributed by atoms with van der Waals surface area (Å²) < 4.78 is 8.05. The average molecular weight is 486 g/mol. The second-order valence-corrected chi connectivity index (χ2v) is 8.91. The number of nitriles is 3. The van der Waals surface area contributed by atoms with E-state index in [4.69, 9.17) is 9.40 Å². The molecule has 0 radical (unpaired) electrons. The van der Waals surface area contributed by atoms with Crippen molar-refractivity contribution in [3.05, 3.63) is 108 Å². The van der Waals surface area contributed by atoms with E-state index in [1.54, 1.807) is 12.3 Å². The smallest absolute Gasteiger partial charge is 0.155 e. The standard InChI is InChI=1S/C32H15N5O/c33-15-23-24(16-34)32-31(22-9-3-6-12-28(22)38-32)25(17-35)30(23)19-13-14-29(36-18-19)37-26-10-4-1-7-20(26)21-8-2-5-11-27(21)37/h1-14,18H. The van der Waals surface area contributed by atoms with Crippen LogP contribution in [0, 0.1) is 34.0 Å². The Balaban J connectivity index is 1.51. The van der Waals surface area contributed by atoms with Gasteiger partial charge in [0, 0.05) is 38.9 Å². The molecule has 0 atom stereocenters. The van der Waals surface area contributed by atoms with Gasteiger partial charge in [0.25, 0.3) is 0 Å². The molecule has 6 nitrogen and oxygen atoms in total. The molecule has 3 aromatic heterocycles. The number of benzene rings is 4. The van der Waals surface area contributed by atoms with Crippen LogP contribution in [0.4, 0.5) is 0 Å². The summed E-state index contributed by atoms with van der Waals surface area (Å²) in [6.45, 7) is 0. The number of rotatable bonds is 2. The van der Waals surface area contributed by atoms with Gasteiger partial charge in [-0.05, 0) is 30.3 Å². The summed E-state index contributed by atoms with van der Waals surface area (Å²) in [6.07, 6.45) is 1.66. The van der Waals surface area contributed by atoms with Gasteiger partial charge in [0.05, 0.1) is 22.2 Å². The molecule has 4 aromatic carbocycles. The van der Waals surface area contributed by atoms with Crippen molar-refractivity contribution >= 4 is 43.7 Å². The molecule has 0 spiro atoms. The van der Waals surface area contributed by atoms with E-state index < -0.39 is 0 Å². The number of hydrogen-bond acceptors (Lipinski definition) is 5. The van der Waals surface area contributed by atoms with Gasteiger partial charge < -0.3 is 4.42 Å². The van der Waals surface area contributed by atoms with Crippen molar-refractivity contribution in [2.24, 2.45) is 0 Å². The Kier molecular flexibility index (Phi) is 4.54. The van der Waals surface area contributed by atoms with E-state index in [-0.39, 0.29) is 22.3 Å². The number of pyridine rings is 1. The topological polar surface area (TPSA) is 102 Å². The van der Waals surface area contributed by atoms with Crippen LogP contribution in [0.25, 0.3) is 60.7 Å². The van der Waals surface area contributed by atoms with Crippen molar-refractivity contribution in [1.29, 1.82) is 15.8 Å². The minimum absolute atomic E-state index is 0.0991. The Morgan fingerprint density at radius 2 is 1.24 bits per heavy atom. The predicted octanol–water partition coefficient (Wildman–Crippen LogP) is 7.36. The van der Waals surface area contributed by atoms with E-state index in [0.29, 0.717) is 27.9 Å². The van der Waals surface area contributed by atoms with Crippen LogP contribution in [0.1, 0.15) is 16.7 Å². The Morgan fingerprint density at radius 1 is 0.632 bits per heavy atom. The minimum atomic E-state index is 0.0991. The van der Waals surface area contributed by atoms with E-state index in [9.17, 15) is 15.8 Å². The van der Waals surface area contributed by atoms with Crippen LogP contribution < -0.4 is 0 Å². The Hall–Kier alpha value is -5.90. The number of nitrogens with zero attached hydrogens (tertiary/aromatic N) is 5. The third kappa shape index (κ3) is 2.82. The summed E-state index contributed by atoms with van der Waals surface area (Å²) >= 11 is 0. The van der Waals surface area contributed by atoms with Crippen LogP contribution in [-0.4, -0.2) is 9.55 Å². The van der Waals surface area contributed by atoms with E-state index in [1.807, 2.05) is 54.6 Å². The molecule has 3 heterocycles. The lowest BCUT2D eigenvalue weighted by molar-refractivity contribution is 0.667. The molecule has 0 saturated heterocycles. The van der Waals surface area contributed by atoms with Gasteiger partial charge >= 0.3 is 0 Å². The van der Waals surface area contributed by atoms with E-state index in [0.717, 1.165) is 27.2 Å². The fraction of sp³-hybridized carbons (Fsp3) is 0. The lowest BCUT2D eigenvalue weighted by Crippen LogP contribution is -1.99. The van der Waals surface area contributed by atoms with Gasteiger partial charge in [0.1, 0.15) is 35.2 Å². The average Bonchev–Trinajstić information content (AvgIpc) is 3.52. The third-order valence-corrected chi connectivity index (χ3v) is 7.00. The summed E-state index contributed by atoms with van der Waals surface area (Å²) in [4.78, 5) is 4.77.